The number of allylic oxidation sites excluding steroid dienone is 1. The Morgan fingerprint density at radius 2 is 2.31 bits per heavy atom. The first kappa shape index (κ1) is 11.7. The van der Waals surface area contributed by atoms with Crippen molar-refractivity contribution < 1.29 is 14.6 Å². The van der Waals surface area contributed by atoms with Crippen molar-refractivity contribution in [3.8, 4) is 12.3 Å². The molecule has 13 heavy (non-hydrogen) atoms. The van der Waals surface area contributed by atoms with Crippen LogP contribution in [0.5, 0.6) is 0 Å². The molecule has 0 aromatic rings. The molecule has 3 nitrogen and oxygen atoms in total. The third-order valence-electron chi connectivity index (χ3n) is 1.59. The molecule has 0 heterocycles. The first-order valence-electron chi connectivity index (χ1n) is 4.03. The molecule has 1 N–H and O–H groups in total. The zero-order valence-electron chi connectivity index (χ0n) is 8.13. The summed E-state index contributed by atoms with van der Waals surface area (Å²) in [5.74, 6) is 1.54. The molecule has 0 spiro atoms. The van der Waals surface area contributed by atoms with Crippen molar-refractivity contribution in [1.29, 1.82) is 0 Å². The Hall–Kier alpha value is -1.27. The van der Waals surface area contributed by atoms with E-state index in [4.69, 9.17) is 11.2 Å². The van der Waals surface area contributed by atoms with Crippen LogP contribution in [0.15, 0.2) is 11.6 Å². The van der Waals surface area contributed by atoms with E-state index in [1.807, 2.05) is 0 Å². The van der Waals surface area contributed by atoms with Gasteiger partial charge in [-0.15, -0.1) is 6.42 Å². The quantitative estimate of drug-likeness (QED) is 0.400. The van der Waals surface area contributed by atoms with Crippen LogP contribution in [0.2, 0.25) is 0 Å². The van der Waals surface area contributed by atoms with Gasteiger partial charge in [0.2, 0.25) is 0 Å². The minimum Gasteiger partial charge on any atom is -0.463 e. The van der Waals surface area contributed by atoms with Gasteiger partial charge in [-0.3, -0.25) is 0 Å². The van der Waals surface area contributed by atoms with E-state index in [0.29, 0.717) is 0 Å². The van der Waals surface area contributed by atoms with Gasteiger partial charge < -0.3 is 9.84 Å². The van der Waals surface area contributed by atoms with E-state index in [0.717, 1.165) is 0 Å². The van der Waals surface area contributed by atoms with Crippen molar-refractivity contribution in [1.82, 2.24) is 0 Å². The molecule has 0 aromatic heterocycles. The summed E-state index contributed by atoms with van der Waals surface area (Å²) in [6.07, 6.45) is 6.52. The van der Waals surface area contributed by atoms with Crippen molar-refractivity contribution in [2.75, 3.05) is 6.61 Å². The Bertz CT molecular complexity index is 256. The maximum Gasteiger partial charge on any atom is 0.337 e. The van der Waals surface area contributed by atoms with E-state index in [9.17, 15) is 9.90 Å². The fraction of sp³-hybridized carbons (Fsp3) is 0.500. The number of terminal acetylenes is 1. The maximum absolute atomic E-state index is 11.2. The Morgan fingerprint density at radius 1 is 1.77 bits per heavy atom. The predicted octanol–water partition coefficient (Wildman–Crippen LogP) is 0.880. The number of rotatable bonds is 3. The molecule has 1 atom stereocenters. The van der Waals surface area contributed by atoms with Crippen LogP contribution in [0, 0.1) is 12.3 Å². The Balaban J connectivity index is 4.76. The number of esters is 1. The average molecular weight is 182 g/mol. The minimum absolute atomic E-state index is 0.0943. The first-order chi connectivity index (χ1) is 5.99. The molecule has 0 saturated heterocycles. The van der Waals surface area contributed by atoms with Gasteiger partial charge in [-0.2, -0.15) is 0 Å². The zero-order valence-corrected chi connectivity index (χ0v) is 8.13. The fourth-order valence-electron chi connectivity index (χ4n) is 0.884. The van der Waals surface area contributed by atoms with Crippen LogP contribution >= 0.6 is 0 Å². The Kier molecular flexibility index (Phi) is 4.22. The first-order valence-corrected chi connectivity index (χ1v) is 4.03. The number of aliphatic hydroxyl groups is 1. The van der Waals surface area contributed by atoms with E-state index in [-0.39, 0.29) is 12.2 Å². The lowest BCUT2D eigenvalue weighted by Crippen LogP contribution is -2.30. The van der Waals surface area contributed by atoms with E-state index in [1.165, 1.54) is 13.0 Å². The third-order valence-corrected chi connectivity index (χ3v) is 1.59. The number of hydrogen-bond donors (Lipinski definition) is 1. The number of ether oxygens (including phenoxy) is 1. The average Bonchev–Trinajstić information content (AvgIpc) is 2.05. The van der Waals surface area contributed by atoms with Gasteiger partial charge in [0.15, 0.2) is 5.60 Å². The molecule has 0 aromatic carbocycles. The van der Waals surface area contributed by atoms with Gasteiger partial charge in [0, 0.05) is 0 Å². The van der Waals surface area contributed by atoms with Crippen LogP contribution < -0.4 is 0 Å². The summed E-state index contributed by atoms with van der Waals surface area (Å²) in [6.45, 7) is 4.95. The normalized spacial score (nSPS) is 15.8. The number of carbonyl (C=O) groups is 1. The molecule has 0 bridgehead atoms. The molecule has 0 amide bonds. The van der Waals surface area contributed by atoms with E-state index in [2.05, 4.69) is 5.92 Å². The molecular formula is C10H14O3. The minimum atomic E-state index is -1.55. The van der Waals surface area contributed by atoms with Crippen molar-refractivity contribution in [3.63, 3.8) is 0 Å². The van der Waals surface area contributed by atoms with Gasteiger partial charge in [-0.1, -0.05) is 12.0 Å². The highest BCUT2D eigenvalue weighted by Crippen LogP contribution is 2.16. The van der Waals surface area contributed by atoms with Crippen LogP contribution in [-0.4, -0.2) is 23.3 Å². The molecule has 3 heteroatoms. The summed E-state index contributed by atoms with van der Waals surface area (Å²) in [6, 6.07) is 0. The highest BCUT2D eigenvalue weighted by molar-refractivity contribution is 5.91. The predicted molar refractivity (Wildman–Crippen MR) is 49.8 cm³/mol. The molecule has 0 fully saturated rings. The third kappa shape index (κ3) is 2.92. The number of hydrogen-bond acceptors (Lipinski definition) is 3. The molecule has 0 rings (SSSR count). The monoisotopic (exact) mass is 182 g/mol. The maximum atomic E-state index is 11.2. The summed E-state index contributed by atoms with van der Waals surface area (Å²) in [4.78, 5) is 11.2. The lowest BCUT2D eigenvalue weighted by molar-refractivity contribution is -0.140. The van der Waals surface area contributed by atoms with Gasteiger partial charge in [0.25, 0.3) is 0 Å². The van der Waals surface area contributed by atoms with Crippen LogP contribution in [-0.2, 0) is 9.53 Å². The van der Waals surface area contributed by atoms with Crippen molar-refractivity contribution in [2.24, 2.45) is 0 Å². The van der Waals surface area contributed by atoms with Crippen LogP contribution in [0.1, 0.15) is 20.8 Å². The summed E-state index contributed by atoms with van der Waals surface area (Å²) < 4.78 is 4.72. The molecule has 0 aliphatic carbocycles. The molecule has 0 aliphatic heterocycles. The van der Waals surface area contributed by atoms with Crippen LogP contribution in [0.3, 0.4) is 0 Å². The fourth-order valence-corrected chi connectivity index (χ4v) is 0.884. The summed E-state index contributed by atoms with van der Waals surface area (Å²) in [5, 5.41) is 9.57. The summed E-state index contributed by atoms with van der Waals surface area (Å²) >= 11 is 0. The highest BCUT2D eigenvalue weighted by Gasteiger charge is 2.28. The smallest absolute Gasteiger partial charge is 0.337 e. The summed E-state index contributed by atoms with van der Waals surface area (Å²) in [7, 11) is 0. The van der Waals surface area contributed by atoms with E-state index in [1.54, 1.807) is 13.8 Å². The molecular weight excluding hydrogens is 168 g/mol. The van der Waals surface area contributed by atoms with Crippen LogP contribution in [0.25, 0.3) is 0 Å². The second kappa shape index (κ2) is 4.68. The van der Waals surface area contributed by atoms with Crippen molar-refractivity contribution in [2.45, 2.75) is 26.4 Å². The van der Waals surface area contributed by atoms with Crippen molar-refractivity contribution in [3.05, 3.63) is 11.6 Å². The molecule has 0 saturated carbocycles. The van der Waals surface area contributed by atoms with Crippen LogP contribution in [0.4, 0.5) is 0 Å². The number of carbonyl (C=O) groups excluding carboxylic acids is 1. The molecule has 0 radical (unpaired) electrons. The van der Waals surface area contributed by atoms with Gasteiger partial charge in [0.05, 0.1) is 12.2 Å². The van der Waals surface area contributed by atoms with E-state index < -0.39 is 11.6 Å². The van der Waals surface area contributed by atoms with Gasteiger partial charge in [0.1, 0.15) is 0 Å². The highest BCUT2D eigenvalue weighted by atomic mass is 16.5. The van der Waals surface area contributed by atoms with Gasteiger partial charge in [-0.05, 0) is 20.8 Å². The standard InChI is InChI=1S/C10H14O3/c1-5-8(9(11)13-7-3)10(4,12)6-2/h2,5,12H,7H2,1,3-4H3/b8-5+. The Morgan fingerprint density at radius 3 is 2.62 bits per heavy atom. The lowest BCUT2D eigenvalue weighted by Gasteiger charge is -2.18. The SMILES string of the molecule is C#CC(C)(O)/C(=C/C)C(=O)OCC. The second-order valence-electron chi connectivity index (χ2n) is 2.64. The molecule has 72 valence electrons. The second-order valence-corrected chi connectivity index (χ2v) is 2.64. The topological polar surface area (TPSA) is 46.5 Å². The molecule has 0 aliphatic rings. The zero-order chi connectivity index (χ0) is 10.5. The molecule has 1 unspecified atom stereocenters. The Labute approximate surface area is 78.4 Å². The van der Waals surface area contributed by atoms with Crippen molar-refractivity contribution >= 4 is 5.97 Å². The largest absolute Gasteiger partial charge is 0.463 e. The van der Waals surface area contributed by atoms with Gasteiger partial charge in [-0.25, -0.2) is 4.79 Å². The van der Waals surface area contributed by atoms with E-state index >= 15 is 0 Å². The lowest BCUT2D eigenvalue weighted by atomic mass is 9.97. The van der Waals surface area contributed by atoms with Gasteiger partial charge >= 0.3 is 5.97 Å². The summed E-state index contributed by atoms with van der Waals surface area (Å²) in [5.41, 5.74) is -1.46.